The van der Waals surface area contributed by atoms with Crippen LogP contribution in [0.25, 0.3) is 10.1 Å². The largest absolute Gasteiger partial charge is 0.143 e. The van der Waals surface area contributed by atoms with Crippen LogP contribution in [0.1, 0.15) is 0 Å². The average Bonchev–Trinajstić information content (AvgIpc) is 2.80. The van der Waals surface area contributed by atoms with E-state index in [2.05, 4.69) is 60.0 Å². The van der Waals surface area contributed by atoms with Crippen LogP contribution in [0.4, 0.5) is 0 Å². The Morgan fingerprint density at radius 2 is 1.69 bits per heavy atom. The third kappa shape index (κ3) is 1.89. The van der Waals surface area contributed by atoms with Crippen molar-refractivity contribution in [2.75, 3.05) is 0 Å². The molecule has 1 heterocycles. The standard InChI is InChI=1S/C14H11PS/c1-2-6-12(7-3-1)15-13-8-4-5-11-9-10-16-14(11)13/h1-10,15H. The Balaban J connectivity index is 2.04. The van der Waals surface area contributed by atoms with Gasteiger partial charge < -0.3 is 0 Å². The molecule has 0 nitrogen and oxygen atoms in total. The SMILES string of the molecule is c1ccc(Pc2cccc3ccsc23)cc1. The van der Waals surface area contributed by atoms with E-state index in [1.165, 1.54) is 20.7 Å². The van der Waals surface area contributed by atoms with Crippen LogP contribution in [-0.4, -0.2) is 0 Å². The normalized spacial score (nSPS) is 11.5. The van der Waals surface area contributed by atoms with Gasteiger partial charge in [0.2, 0.25) is 0 Å². The second-order valence-corrected chi connectivity index (χ2v) is 5.92. The number of hydrogen-bond acceptors (Lipinski definition) is 1. The van der Waals surface area contributed by atoms with E-state index in [1.807, 2.05) is 11.3 Å². The Labute approximate surface area is 101 Å². The van der Waals surface area contributed by atoms with E-state index in [1.54, 1.807) is 0 Å². The first-order chi connectivity index (χ1) is 7.93. The summed E-state index contributed by atoms with van der Waals surface area (Å²) in [7, 11) is 0.758. The van der Waals surface area contributed by atoms with Gasteiger partial charge in [-0.15, -0.1) is 11.3 Å². The number of fused-ring (bicyclic) bond motifs is 1. The van der Waals surface area contributed by atoms with Crippen molar-refractivity contribution in [1.29, 1.82) is 0 Å². The molecular formula is C14H11PS. The summed E-state index contributed by atoms with van der Waals surface area (Å²) in [6.45, 7) is 0. The minimum Gasteiger partial charge on any atom is -0.143 e. The maximum Gasteiger partial charge on any atom is 0.0420 e. The first-order valence-corrected chi connectivity index (χ1v) is 7.10. The Bertz CT molecular complexity index is 598. The van der Waals surface area contributed by atoms with Crippen molar-refractivity contribution in [1.82, 2.24) is 0 Å². The predicted octanol–water partition coefficient (Wildman–Crippen LogP) is 3.53. The molecule has 0 N–H and O–H groups in total. The Kier molecular flexibility index (Phi) is 2.73. The van der Waals surface area contributed by atoms with Gasteiger partial charge in [-0.3, -0.25) is 0 Å². The van der Waals surface area contributed by atoms with Crippen molar-refractivity contribution < 1.29 is 0 Å². The first-order valence-electron chi connectivity index (χ1n) is 5.22. The first kappa shape index (κ1) is 10.0. The van der Waals surface area contributed by atoms with Gasteiger partial charge in [0.15, 0.2) is 0 Å². The van der Waals surface area contributed by atoms with E-state index in [0.29, 0.717) is 0 Å². The van der Waals surface area contributed by atoms with Gasteiger partial charge in [-0.05, 0) is 27.4 Å². The van der Waals surface area contributed by atoms with Crippen molar-refractivity contribution in [3.63, 3.8) is 0 Å². The summed E-state index contributed by atoms with van der Waals surface area (Å²) in [4.78, 5) is 0. The third-order valence-corrected chi connectivity index (χ3v) is 4.98. The molecule has 1 atom stereocenters. The fourth-order valence-electron chi connectivity index (χ4n) is 1.77. The average molecular weight is 242 g/mol. The maximum atomic E-state index is 2.24. The molecule has 0 radical (unpaired) electrons. The van der Waals surface area contributed by atoms with Gasteiger partial charge in [0, 0.05) is 4.70 Å². The van der Waals surface area contributed by atoms with Crippen LogP contribution in [0, 0.1) is 0 Å². The molecule has 0 aliphatic carbocycles. The van der Waals surface area contributed by atoms with Gasteiger partial charge in [0.05, 0.1) is 0 Å². The third-order valence-electron chi connectivity index (χ3n) is 2.53. The molecular weight excluding hydrogens is 231 g/mol. The van der Waals surface area contributed by atoms with Gasteiger partial charge in [0.1, 0.15) is 0 Å². The minimum absolute atomic E-state index is 0.758. The van der Waals surface area contributed by atoms with Crippen LogP contribution < -0.4 is 10.6 Å². The van der Waals surface area contributed by atoms with Gasteiger partial charge in [-0.2, -0.15) is 0 Å². The molecule has 0 aliphatic rings. The molecule has 1 unspecified atom stereocenters. The molecule has 2 heteroatoms. The summed E-state index contributed by atoms with van der Waals surface area (Å²) in [5.41, 5.74) is 0. The fraction of sp³-hybridized carbons (Fsp3) is 0. The van der Waals surface area contributed by atoms with E-state index in [4.69, 9.17) is 0 Å². The molecule has 78 valence electrons. The molecule has 0 bridgehead atoms. The van der Waals surface area contributed by atoms with Crippen molar-refractivity contribution in [2.45, 2.75) is 0 Å². The lowest BCUT2D eigenvalue weighted by Gasteiger charge is -2.03. The van der Waals surface area contributed by atoms with Crippen LogP contribution in [0.2, 0.25) is 0 Å². The molecule has 16 heavy (non-hydrogen) atoms. The molecule has 0 aliphatic heterocycles. The summed E-state index contributed by atoms with van der Waals surface area (Å²) in [5, 5.41) is 6.40. The Morgan fingerprint density at radius 3 is 2.56 bits per heavy atom. The zero-order valence-corrected chi connectivity index (χ0v) is 10.5. The fourth-order valence-corrected chi connectivity index (χ4v) is 4.02. The zero-order chi connectivity index (χ0) is 10.8. The minimum atomic E-state index is 0.758. The summed E-state index contributed by atoms with van der Waals surface area (Å²) in [6.07, 6.45) is 0. The quantitative estimate of drug-likeness (QED) is 0.603. The van der Waals surface area contributed by atoms with Crippen LogP contribution >= 0.6 is 19.9 Å². The highest BCUT2D eigenvalue weighted by molar-refractivity contribution is 7.57. The number of thiophene rings is 1. The van der Waals surface area contributed by atoms with Crippen molar-refractivity contribution >= 4 is 40.6 Å². The molecule has 0 fully saturated rings. The monoisotopic (exact) mass is 242 g/mol. The van der Waals surface area contributed by atoms with Crippen molar-refractivity contribution in [3.05, 3.63) is 60.0 Å². The second kappa shape index (κ2) is 4.37. The van der Waals surface area contributed by atoms with E-state index in [0.717, 1.165) is 8.58 Å². The molecule has 3 rings (SSSR count). The summed E-state index contributed by atoms with van der Waals surface area (Å²) >= 11 is 1.84. The summed E-state index contributed by atoms with van der Waals surface area (Å²) in [6, 6.07) is 19.5. The lowest BCUT2D eigenvalue weighted by molar-refractivity contribution is 1.78. The molecule has 1 aromatic heterocycles. The van der Waals surface area contributed by atoms with Crippen LogP contribution in [0.3, 0.4) is 0 Å². The lowest BCUT2D eigenvalue weighted by atomic mass is 10.3. The smallest absolute Gasteiger partial charge is 0.0420 e. The number of benzene rings is 2. The van der Waals surface area contributed by atoms with E-state index < -0.39 is 0 Å². The van der Waals surface area contributed by atoms with E-state index in [9.17, 15) is 0 Å². The second-order valence-electron chi connectivity index (χ2n) is 3.64. The van der Waals surface area contributed by atoms with Gasteiger partial charge in [-0.1, -0.05) is 57.1 Å². The van der Waals surface area contributed by atoms with E-state index in [-0.39, 0.29) is 0 Å². The molecule has 0 spiro atoms. The molecule has 0 saturated heterocycles. The van der Waals surface area contributed by atoms with Gasteiger partial charge in [-0.25, -0.2) is 0 Å². The molecule has 2 aromatic carbocycles. The van der Waals surface area contributed by atoms with Gasteiger partial charge >= 0.3 is 0 Å². The summed E-state index contributed by atoms with van der Waals surface area (Å²) in [5.74, 6) is 0. The lowest BCUT2D eigenvalue weighted by Crippen LogP contribution is -2.02. The van der Waals surface area contributed by atoms with Crippen molar-refractivity contribution in [2.24, 2.45) is 0 Å². The van der Waals surface area contributed by atoms with Crippen molar-refractivity contribution in [3.8, 4) is 0 Å². The van der Waals surface area contributed by atoms with E-state index >= 15 is 0 Å². The summed E-state index contributed by atoms with van der Waals surface area (Å²) < 4.78 is 1.43. The highest BCUT2D eigenvalue weighted by atomic mass is 32.1. The molecule has 0 amide bonds. The topological polar surface area (TPSA) is 0 Å². The Hall–Kier alpha value is -1.17. The van der Waals surface area contributed by atoms with Crippen LogP contribution in [0.15, 0.2) is 60.0 Å². The number of rotatable bonds is 2. The molecule has 3 aromatic rings. The highest BCUT2D eigenvalue weighted by Gasteiger charge is 2.02. The highest BCUT2D eigenvalue weighted by Crippen LogP contribution is 2.24. The Morgan fingerprint density at radius 1 is 0.812 bits per heavy atom. The van der Waals surface area contributed by atoms with Crippen LogP contribution in [-0.2, 0) is 0 Å². The van der Waals surface area contributed by atoms with Gasteiger partial charge in [0.25, 0.3) is 0 Å². The molecule has 0 saturated carbocycles. The zero-order valence-electron chi connectivity index (χ0n) is 8.68. The maximum absolute atomic E-state index is 2.24. The number of hydrogen-bond donors (Lipinski definition) is 0. The van der Waals surface area contributed by atoms with Crippen LogP contribution in [0.5, 0.6) is 0 Å². The predicted molar refractivity (Wildman–Crippen MR) is 75.9 cm³/mol.